The number of rotatable bonds is 5. The number of nitrogens with one attached hydrogen (secondary N) is 1. The van der Waals surface area contributed by atoms with Gasteiger partial charge >= 0.3 is 5.97 Å². The van der Waals surface area contributed by atoms with Gasteiger partial charge in [0.05, 0.1) is 12.5 Å². The summed E-state index contributed by atoms with van der Waals surface area (Å²) < 4.78 is 0.850. The number of halogens is 1. The van der Waals surface area contributed by atoms with Gasteiger partial charge < -0.3 is 10.4 Å². The van der Waals surface area contributed by atoms with Crippen LogP contribution >= 0.6 is 15.9 Å². The van der Waals surface area contributed by atoms with E-state index in [0.717, 1.165) is 10.0 Å². The summed E-state index contributed by atoms with van der Waals surface area (Å²) in [4.78, 5) is 20.9. The van der Waals surface area contributed by atoms with Crippen molar-refractivity contribution in [2.24, 2.45) is 0 Å². The summed E-state index contributed by atoms with van der Waals surface area (Å²) >= 11 is 3.28. The summed E-state index contributed by atoms with van der Waals surface area (Å²) in [6.07, 6.45) is 0.379. The zero-order chi connectivity index (χ0) is 11.3. The van der Waals surface area contributed by atoms with Crippen molar-refractivity contribution in [2.75, 3.05) is 0 Å². The molecule has 1 aromatic rings. The summed E-state index contributed by atoms with van der Waals surface area (Å²) in [6, 6.07) is 6.69. The van der Waals surface area contributed by atoms with Crippen LogP contribution in [0.3, 0.4) is 0 Å². The zero-order valence-corrected chi connectivity index (χ0v) is 9.40. The summed E-state index contributed by atoms with van der Waals surface area (Å²) in [5.41, 5.74) is 0.763. The lowest BCUT2D eigenvalue weighted by Gasteiger charge is -2.14. The minimum absolute atomic E-state index is 0.130. The molecular formula is C10H10BrNO3. The second-order valence-corrected chi connectivity index (χ2v) is 3.91. The second kappa shape index (κ2) is 5.50. The van der Waals surface area contributed by atoms with E-state index >= 15 is 0 Å². The number of carboxylic acid groups (broad SMARTS) is 1. The number of carbonyl (C=O) groups is 2. The standard InChI is InChI=1S/C10H10BrNO3/c11-8-3-1-2-7(4-8)9(12-6-13)5-10(14)15/h1-4,6,9H,5H2,(H,12,13)(H,14,15). The summed E-state index contributed by atoms with van der Waals surface area (Å²) in [5, 5.41) is 11.1. The van der Waals surface area contributed by atoms with Gasteiger partial charge in [0.2, 0.25) is 6.41 Å². The maximum Gasteiger partial charge on any atom is 0.305 e. The first-order valence-corrected chi connectivity index (χ1v) is 5.09. The van der Waals surface area contributed by atoms with Gasteiger partial charge in [0.1, 0.15) is 0 Å². The first-order valence-electron chi connectivity index (χ1n) is 4.30. The molecule has 0 spiro atoms. The molecule has 0 heterocycles. The maximum atomic E-state index is 10.6. The maximum absolute atomic E-state index is 10.6. The molecule has 0 aliphatic carbocycles. The van der Waals surface area contributed by atoms with Gasteiger partial charge in [-0.2, -0.15) is 0 Å². The van der Waals surface area contributed by atoms with Gasteiger partial charge in [-0.25, -0.2) is 0 Å². The molecular weight excluding hydrogens is 262 g/mol. The minimum atomic E-state index is -0.950. The fourth-order valence-corrected chi connectivity index (χ4v) is 1.67. The van der Waals surface area contributed by atoms with Gasteiger partial charge in [0, 0.05) is 4.47 Å². The fourth-order valence-electron chi connectivity index (χ4n) is 1.25. The quantitative estimate of drug-likeness (QED) is 0.802. The molecule has 0 aliphatic rings. The average molecular weight is 272 g/mol. The Morgan fingerprint density at radius 2 is 2.33 bits per heavy atom. The van der Waals surface area contributed by atoms with Gasteiger partial charge in [0.25, 0.3) is 0 Å². The molecule has 0 fully saturated rings. The SMILES string of the molecule is O=CNC(CC(=O)O)c1cccc(Br)c1. The molecule has 2 N–H and O–H groups in total. The number of benzene rings is 1. The molecule has 0 saturated carbocycles. The van der Waals surface area contributed by atoms with Crippen molar-refractivity contribution in [2.45, 2.75) is 12.5 Å². The summed E-state index contributed by atoms with van der Waals surface area (Å²) in [6.45, 7) is 0. The molecule has 1 rings (SSSR count). The van der Waals surface area contributed by atoms with Crippen molar-refractivity contribution in [3.63, 3.8) is 0 Å². The predicted molar refractivity (Wildman–Crippen MR) is 58.3 cm³/mol. The molecule has 4 nitrogen and oxygen atoms in total. The highest BCUT2D eigenvalue weighted by atomic mass is 79.9. The molecule has 80 valence electrons. The Morgan fingerprint density at radius 3 is 2.87 bits per heavy atom. The Bertz CT molecular complexity index is 367. The van der Waals surface area contributed by atoms with Crippen molar-refractivity contribution >= 4 is 28.3 Å². The Balaban J connectivity index is 2.87. The van der Waals surface area contributed by atoms with Crippen LogP contribution < -0.4 is 5.32 Å². The second-order valence-electron chi connectivity index (χ2n) is 2.99. The van der Waals surface area contributed by atoms with Gasteiger partial charge in [-0.3, -0.25) is 9.59 Å². The average Bonchev–Trinajstić information content (AvgIpc) is 2.16. The number of carbonyl (C=O) groups excluding carboxylic acids is 1. The summed E-state index contributed by atoms with van der Waals surface area (Å²) in [5.74, 6) is -0.950. The van der Waals surface area contributed by atoms with Gasteiger partial charge in [0.15, 0.2) is 0 Å². The number of amides is 1. The molecule has 0 aliphatic heterocycles. The Hall–Kier alpha value is -1.36. The van der Waals surface area contributed by atoms with E-state index in [9.17, 15) is 9.59 Å². The Kier molecular flexibility index (Phi) is 4.30. The lowest BCUT2D eigenvalue weighted by Crippen LogP contribution is -2.22. The zero-order valence-electron chi connectivity index (χ0n) is 7.81. The van der Waals surface area contributed by atoms with Gasteiger partial charge in [-0.05, 0) is 17.7 Å². The highest BCUT2D eigenvalue weighted by Crippen LogP contribution is 2.20. The first-order chi connectivity index (χ1) is 7.13. The van der Waals surface area contributed by atoms with Crippen LogP contribution in [-0.2, 0) is 9.59 Å². The third kappa shape index (κ3) is 3.71. The van der Waals surface area contributed by atoms with Crippen LogP contribution in [0.15, 0.2) is 28.7 Å². The molecule has 0 radical (unpaired) electrons. The molecule has 1 amide bonds. The van der Waals surface area contributed by atoms with E-state index in [-0.39, 0.29) is 6.42 Å². The topological polar surface area (TPSA) is 66.4 Å². The molecule has 5 heteroatoms. The van der Waals surface area contributed by atoms with Gasteiger partial charge in [-0.1, -0.05) is 28.1 Å². The van der Waals surface area contributed by atoms with Crippen LogP contribution in [0.2, 0.25) is 0 Å². The first kappa shape index (κ1) is 11.7. The van der Waals surface area contributed by atoms with E-state index in [1.165, 1.54) is 0 Å². The van der Waals surface area contributed by atoms with Crippen LogP contribution in [0.4, 0.5) is 0 Å². The molecule has 15 heavy (non-hydrogen) atoms. The van der Waals surface area contributed by atoms with Crippen molar-refractivity contribution in [1.29, 1.82) is 0 Å². The van der Waals surface area contributed by atoms with E-state index < -0.39 is 12.0 Å². The van der Waals surface area contributed by atoms with Crippen LogP contribution in [0.25, 0.3) is 0 Å². The number of hydrogen-bond donors (Lipinski definition) is 2. The van der Waals surface area contributed by atoms with Crippen LogP contribution in [0.1, 0.15) is 18.0 Å². The normalized spacial score (nSPS) is 11.8. The summed E-state index contributed by atoms with van der Waals surface area (Å²) in [7, 11) is 0. The van der Waals surface area contributed by atoms with Crippen molar-refractivity contribution in [3.05, 3.63) is 34.3 Å². The highest BCUT2D eigenvalue weighted by molar-refractivity contribution is 9.10. The Labute approximate surface area is 95.4 Å². The minimum Gasteiger partial charge on any atom is -0.481 e. The van der Waals surface area contributed by atoms with E-state index in [0.29, 0.717) is 6.41 Å². The predicted octanol–water partition coefficient (Wildman–Crippen LogP) is 1.71. The lowest BCUT2D eigenvalue weighted by molar-refractivity contribution is -0.137. The molecule has 1 atom stereocenters. The molecule has 0 bridgehead atoms. The number of hydrogen-bond acceptors (Lipinski definition) is 2. The van der Waals surface area contributed by atoms with Gasteiger partial charge in [-0.15, -0.1) is 0 Å². The number of aliphatic carboxylic acids is 1. The molecule has 1 aromatic carbocycles. The number of carboxylic acids is 1. The third-order valence-corrected chi connectivity index (χ3v) is 2.39. The van der Waals surface area contributed by atoms with Crippen molar-refractivity contribution in [1.82, 2.24) is 5.32 Å². The molecule has 0 saturated heterocycles. The fraction of sp³-hybridized carbons (Fsp3) is 0.200. The van der Waals surface area contributed by atoms with E-state index in [1.807, 2.05) is 6.07 Å². The molecule has 0 aromatic heterocycles. The molecule has 1 unspecified atom stereocenters. The monoisotopic (exact) mass is 271 g/mol. The Morgan fingerprint density at radius 1 is 1.60 bits per heavy atom. The van der Waals surface area contributed by atoms with E-state index in [4.69, 9.17) is 5.11 Å². The van der Waals surface area contributed by atoms with E-state index in [2.05, 4.69) is 21.2 Å². The highest BCUT2D eigenvalue weighted by Gasteiger charge is 2.14. The third-order valence-electron chi connectivity index (χ3n) is 1.90. The van der Waals surface area contributed by atoms with Crippen LogP contribution in [0.5, 0.6) is 0 Å². The smallest absolute Gasteiger partial charge is 0.305 e. The largest absolute Gasteiger partial charge is 0.481 e. The van der Waals surface area contributed by atoms with E-state index in [1.54, 1.807) is 18.2 Å². The lowest BCUT2D eigenvalue weighted by atomic mass is 10.0. The van der Waals surface area contributed by atoms with Crippen molar-refractivity contribution < 1.29 is 14.7 Å². The van der Waals surface area contributed by atoms with Crippen LogP contribution in [-0.4, -0.2) is 17.5 Å². The van der Waals surface area contributed by atoms with Crippen molar-refractivity contribution in [3.8, 4) is 0 Å². The van der Waals surface area contributed by atoms with Crippen LogP contribution in [0, 0.1) is 0 Å².